The van der Waals surface area contributed by atoms with Gasteiger partial charge in [0, 0.05) is 30.4 Å². The fraction of sp³-hybridized carbons (Fsp3) is 0.273. The Morgan fingerprint density at radius 2 is 2.12 bits per heavy atom. The molecular formula is C11H12ClN3S. The number of hydrogen-bond acceptors (Lipinski definition) is 4. The first-order chi connectivity index (χ1) is 7.74. The number of thiazole rings is 1. The van der Waals surface area contributed by atoms with E-state index >= 15 is 0 Å². The molecule has 5 heteroatoms. The number of nitrogens with one attached hydrogen (secondary N) is 1. The zero-order valence-electron chi connectivity index (χ0n) is 8.90. The SMILES string of the molecule is Cc1cnc(CNCc2ccc(Cl)nc2)s1. The number of aromatic nitrogens is 2. The Morgan fingerprint density at radius 1 is 1.25 bits per heavy atom. The Hall–Kier alpha value is -0.970. The van der Waals surface area contributed by atoms with Gasteiger partial charge in [-0.15, -0.1) is 11.3 Å². The van der Waals surface area contributed by atoms with Gasteiger partial charge >= 0.3 is 0 Å². The fourth-order valence-corrected chi connectivity index (χ4v) is 2.18. The molecule has 2 aromatic heterocycles. The highest BCUT2D eigenvalue weighted by Gasteiger charge is 1.98. The van der Waals surface area contributed by atoms with Gasteiger partial charge in [-0.3, -0.25) is 0 Å². The molecule has 16 heavy (non-hydrogen) atoms. The predicted octanol–water partition coefficient (Wildman–Crippen LogP) is 2.79. The molecule has 0 saturated heterocycles. The van der Waals surface area contributed by atoms with Crippen molar-refractivity contribution in [2.45, 2.75) is 20.0 Å². The molecule has 2 heterocycles. The van der Waals surface area contributed by atoms with Crippen LogP contribution in [-0.4, -0.2) is 9.97 Å². The van der Waals surface area contributed by atoms with Crippen molar-refractivity contribution in [3.63, 3.8) is 0 Å². The van der Waals surface area contributed by atoms with Crippen LogP contribution in [0.3, 0.4) is 0 Å². The third-order valence-electron chi connectivity index (χ3n) is 2.06. The van der Waals surface area contributed by atoms with Crippen LogP contribution in [0.5, 0.6) is 0 Å². The van der Waals surface area contributed by atoms with Crippen molar-refractivity contribution in [1.82, 2.24) is 15.3 Å². The topological polar surface area (TPSA) is 37.8 Å². The lowest BCUT2D eigenvalue weighted by Crippen LogP contribution is -2.12. The molecule has 0 aromatic carbocycles. The van der Waals surface area contributed by atoms with Crippen LogP contribution in [0, 0.1) is 6.92 Å². The van der Waals surface area contributed by atoms with Gasteiger partial charge in [-0.1, -0.05) is 17.7 Å². The second-order valence-corrected chi connectivity index (χ2v) is 5.16. The molecule has 0 atom stereocenters. The molecule has 84 valence electrons. The monoisotopic (exact) mass is 253 g/mol. The Kier molecular flexibility index (Phi) is 3.88. The molecule has 3 nitrogen and oxygen atoms in total. The molecule has 0 bridgehead atoms. The van der Waals surface area contributed by atoms with Gasteiger partial charge in [0.05, 0.1) is 0 Å². The first-order valence-electron chi connectivity index (χ1n) is 4.96. The van der Waals surface area contributed by atoms with E-state index in [1.807, 2.05) is 12.3 Å². The zero-order valence-corrected chi connectivity index (χ0v) is 10.5. The van der Waals surface area contributed by atoms with E-state index in [9.17, 15) is 0 Å². The van der Waals surface area contributed by atoms with Crippen LogP contribution >= 0.6 is 22.9 Å². The van der Waals surface area contributed by atoms with Crippen molar-refractivity contribution in [1.29, 1.82) is 0 Å². The fourth-order valence-electron chi connectivity index (χ4n) is 1.31. The van der Waals surface area contributed by atoms with E-state index in [0.29, 0.717) is 5.15 Å². The normalized spacial score (nSPS) is 10.6. The Bertz CT molecular complexity index is 453. The van der Waals surface area contributed by atoms with E-state index in [1.165, 1.54) is 4.88 Å². The molecule has 0 fully saturated rings. The van der Waals surface area contributed by atoms with E-state index in [2.05, 4.69) is 22.2 Å². The molecule has 0 aliphatic carbocycles. The third-order valence-corrected chi connectivity index (χ3v) is 3.20. The first-order valence-corrected chi connectivity index (χ1v) is 6.16. The summed E-state index contributed by atoms with van der Waals surface area (Å²) in [5.41, 5.74) is 1.12. The van der Waals surface area contributed by atoms with Gasteiger partial charge in [0.15, 0.2) is 0 Å². The standard InChI is InChI=1S/C11H12ClN3S/c1-8-4-15-11(16-8)7-13-5-9-2-3-10(12)14-6-9/h2-4,6,13H,5,7H2,1H3. The lowest BCUT2D eigenvalue weighted by atomic mass is 10.3. The van der Waals surface area contributed by atoms with Gasteiger partial charge in [0.25, 0.3) is 0 Å². The molecule has 2 aromatic rings. The number of nitrogens with zero attached hydrogens (tertiary/aromatic N) is 2. The van der Waals surface area contributed by atoms with Gasteiger partial charge in [-0.25, -0.2) is 9.97 Å². The van der Waals surface area contributed by atoms with Crippen molar-refractivity contribution in [2.24, 2.45) is 0 Å². The molecule has 0 aliphatic heterocycles. The molecular weight excluding hydrogens is 242 g/mol. The van der Waals surface area contributed by atoms with Gasteiger partial charge in [-0.05, 0) is 18.6 Å². The summed E-state index contributed by atoms with van der Waals surface area (Å²) in [7, 11) is 0. The van der Waals surface area contributed by atoms with Crippen LogP contribution in [0.2, 0.25) is 5.15 Å². The number of rotatable bonds is 4. The highest BCUT2D eigenvalue weighted by molar-refractivity contribution is 7.11. The lowest BCUT2D eigenvalue weighted by Gasteiger charge is -2.02. The van der Waals surface area contributed by atoms with E-state index in [-0.39, 0.29) is 0 Å². The summed E-state index contributed by atoms with van der Waals surface area (Å²) in [6.07, 6.45) is 3.67. The summed E-state index contributed by atoms with van der Waals surface area (Å²) in [5.74, 6) is 0. The van der Waals surface area contributed by atoms with E-state index in [4.69, 9.17) is 11.6 Å². The van der Waals surface area contributed by atoms with Gasteiger partial charge in [0.2, 0.25) is 0 Å². The van der Waals surface area contributed by atoms with Crippen molar-refractivity contribution < 1.29 is 0 Å². The number of aryl methyl sites for hydroxylation is 1. The van der Waals surface area contributed by atoms with Crippen molar-refractivity contribution in [3.8, 4) is 0 Å². The number of hydrogen-bond donors (Lipinski definition) is 1. The minimum atomic E-state index is 0.527. The third kappa shape index (κ3) is 3.27. The van der Waals surface area contributed by atoms with Crippen LogP contribution in [0.1, 0.15) is 15.4 Å². The maximum absolute atomic E-state index is 5.70. The predicted molar refractivity (Wildman–Crippen MR) is 66.6 cm³/mol. The maximum atomic E-state index is 5.70. The summed E-state index contributed by atoms with van der Waals surface area (Å²) in [4.78, 5) is 9.54. The molecule has 0 saturated carbocycles. The highest BCUT2D eigenvalue weighted by atomic mass is 35.5. The van der Waals surface area contributed by atoms with E-state index in [0.717, 1.165) is 23.7 Å². The number of pyridine rings is 1. The molecule has 0 radical (unpaired) electrons. The molecule has 2 rings (SSSR count). The first kappa shape index (κ1) is 11.5. The van der Waals surface area contributed by atoms with E-state index < -0.39 is 0 Å². The van der Waals surface area contributed by atoms with Crippen LogP contribution in [0.15, 0.2) is 24.5 Å². The molecule has 0 unspecified atom stereocenters. The second-order valence-electron chi connectivity index (χ2n) is 3.46. The molecule has 1 N–H and O–H groups in total. The van der Waals surface area contributed by atoms with Gasteiger partial charge < -0.3 is 5.32 Å². The summed E-state index contributed by atoms with van der Waals surface area (Å²) in [5, 5.41) is 4.95. The average Bonchev–Trinajstić information content (AvgIpc) is 2.67. The van der Waals surface area contributed by atoms with Crippen LogP contribution in [-0.2, 0) is 13.1 Å². The van der Waals surface area contributed by atoms with Gasteiger partial charge in [-0.2, -0.15) is 0 Å². The quantitative estimate of drug-likeness (QED) is 0.852. The Balaban J connectivity index is 1.82. The summed E-state index contributed by atoms with van der Waals surface area (Å²) >= 11 is 7.42. The molecule has 0 spiro atoms. The number of halogens is 1. The Labute approximate surface area is 104 Å². The maximum Gasteiger partial charge on any atom is 0.129 e. The molecule has 0 amide bonds. The largest absolute Gasteiger partial charge is 0.306 e. The van der Waals surface area contributed by atoms with Crippen molar-refractivity contribution in [2.75, 3.05) is 0 Å². The van der Waals surface area contributed by atoms with Gasteiger partial charge in [0.1, 0.15) is 10.2 Å². The summed E-state index contributed by atoms with van der Waals surface area (Å²) in [6, 6.07) is 3.77. The minimum Gasteiger partial charge on any atom is -0.306 e. The van der Waals surface area contributed by atoms with Crippen LogP contribution < -0.4 is 5.32 Å². The highest BCUT2D eigenvalue weighted by Crippen LogP contribution is 2.11. The average molecular weight is 254 g/mol. The Morgan fingerprint density at radius 3 is 2.75 bits per heavy atom. The van der Waals surface area contributed by atoms with Crippen molar-refractivity contribution >= 4 is 22.9 Å². The van der Waals surface area contributed by atoms with Crippen LogP contribution in [0.25, 0.3) is 0 Å². The molecule has 0 aliphatic rings. The van der Waals surface area contributed by atoms with E-state index in [1.54, 1.807) is 23.6 Å². The minimum absolute atomic E-state index is 0.527. The summed E-state index contributed by atoms with van der Waals surface area (Å²) < 4.78 is 0. The lowest BCUT2D eigenvalue weighted by molar-refractivity contribution is 0.688. The zero-order chi connectivity index (χ0) is 11.4. The van der Waals surface area contributed by atoms with Crippen molar-refractivity contribution in [3.05, 3.63) is 45.1 Å². The smallest absolute Gasteiger partial charge is 0.129 e. The van der Waals surface area contributed by atoms with Crippen LogP contribution in [0.4, 0.5) is 0 Å². The second kappa shape index (κ2) is 5.39. The summed E-state index contributed by atoms with van der Waals surface area (Å²) in [6.45, 7) is 3.63.